The second-order valence-electron chi connectivity index (χ2n) is 20.2. The molecule has 7 N–H and O–H groups in total. The van der Waals surface area contributed by atoms with Gasteiger partial charge < -0.3 is 64.2 Å². The Kier molecular flexibility index (Phi) is 39.6. The van der Waals surface area contributed by atoms with Crippen LogP contribution in [-0.2, 0) is 38.0 Å². The van der Waals surface area contributed by atoms with E-state index in [9.17, 15) is 45.3 Å². The molecule has 71 heavy (non-hydrogen) atoms. The van der Waals surface area contributed by atoms with Crippen LogP contribution in [0.1, 0.15) is 226 Å². The summed E-state index contributed by atoms with van der Waals surface area (Å²) in [5.74, 6) is -1.17. The maximum Gasteiger partial charge on any atom is 0.330 e. The van der Waals surface area contributed by atoms with Gasteiger partial charge in [-0.3, -0.25) is 4.79 Å². The Balaban J connectivity index is 1.78. The molecule has 416 valence electrons. The number of hydrogen-bond donors (Lipinski definition) is 7. The molecule has 2 heterocycles. The molecule has 2 aliphatic rings. The van der Waals surface area contributed by atoms with Crippen LogP contribution in [0.5, 0.6) is 0 Å². The van der Waals surface area contributed by atoms with Crippen LogP contribution < -0.4 is 0 Å². The van der Waals surface area contributed by atoms with Gasteiger partial charge in [0.05, 0.1) is 19.8 Å². The highest BCUT2D eigenvalue weighted by atomic mass is 16.7. The van der Waals surface area contributed by atoms with Gasteiger partial charge in [0, 0.05) is 12.5 Å². The van der Waals surface area contributed by atoms with Gasteiger partial charge in [0.25, 0.3) is 0 Å². The van der Waals surface area contributed by atoms with Gasteiger partial charge in [0.2, 0.25) is 0 Å². The number of carbonyl (C=O) groups is 2. The summed E-state index contributed by atoms with van der Waals surface area (Å²) >= 11 is 0. The third-order valence-electron chi connectivity index (χ3n) is 13.8. The molecule has 15 nitrogen and oxygen atoms in total. The molecule has 2 saturated heterocycles. The number of carbonyl (C=O) groups excluding carboxylic acids is 2. The number of aliphatic hydroxyl groups is 7. The Hall–Kier alpha value is -2.02. The highest BCUT2D eigenvalue weighted by Crippen LogP contribution is 2.27. The van der Waals surface area contributed by atoms with E-state index in [1.54, 1.807) is 12.2 Å². The maximum absolute atomic E-state index is 13.0. The molecule has 15 heteroatoms. The predicted octanol–water partition coefficient (Wildman–Crippen LogP) is 9.11. The van der Waals surface area contributed by atoms with Crippen LogP contribution in [0.15, 0.2) is 24.3 Å². The third-order valence-corrected chi connectivity index (χ3v) is 13.8. The van der Waals surface area contributed by atoms with E-state index in [1.807, 2.05) is 6.08 Å². The van der Waals surface area contributed by atoms with Crippen LogP contribution >= 0.6 is 0 Å². The lowest BCUT2D eigenvalue weighted by Crippen LogP contribution is -2.61. The van der Waals surface area contributed by atoms with E-state index in [2.05, 4.69) is 13.8 Å². The fraction of sp³-hybridized carbons (Fsp3) is 0.893. The molecule has 4 unspecified atom stereocenters. The van der Waals surface area contributed by atoms with Crippen molar-refractivity contribution in [3.8, 4) is 0 Å². The summed E-state index contributed by atoms with van der Waals surface area (Å²) in [6, 6.07) is 0. The third kappa shape index (κ3) is 30.8. The summed E-state index contributed by atoms with van der Waals surface area (Å²) in [5.41, 5.74) is 0. The molecule has 2 rings (SSSR count). The average molecular weight is 1020 g/mol. The van der Waals surface area contributed by atoms with Crippen molar-refractivity contribution in [3.63, 3.8) is 0 Å². The Labute approximate surface area is 428 Å². The molecular formula is C56H102O15. The van der Waals surface area contributed by atoms with Crippen LogP contribution in [0.3, 0.4) is 0 Å². The molecule has 0 amide bonds. The zero-order valence-electron chi connectivity index (χ0n) is 44.2. The van der Waals surface area contributed by atoms with Crippen LogP contribution in [0.25, 0.3) is 0 Å². The zero-order valence-corrected chi connectivity index (χ0v) is 44.2. The topological polar surface area (TPSA) is 231 Å². The monoisotopic (exact) mass is 1010 g/mol. The normalized spacial score (nSPS) is 25.3. The molecule has 2 aliphatic heterocycles. The molecule has 0 aromatic rings. The molecule has 0 aliphatic carbocycles. The summed E-state index contributed by atoms with van der Waals surface area (Å²) in [6.07, 6.45) is 29.8. The highest BCUT2D eigenvalue weighted by Gasteiger charge is 2.47. The summed E-state index contributed by atoms with van der Waals surface area (Å²) in [7, 11) is 0. The highest BCUT2D eigenvalue weighted by molar-refractivity contribution is 5.82. The van der Waals surface area contributed by atoms with Crippen molar-refractivity contribution in [3.05, 3.63) is 24.3 Å². The summed E-state index contributed by atoms with van der Waals surface area (Å²) in [5, 5.41) is 72.2. The number of esters is 2. The largest absolute Gasteiger partial charge is 0.458 e. The molecule has 0 bridgehead atoms. The van der Waals surface area contributed by atoms with Crippen molar-refractivity contribution in [2.45, 2.75) is 293 Å². The van der Waals surface area contributed by atoms with Crippen LogP contribution in [0.2, 0.25) is 0 Å². The van der Waals surface area contributed by atoms with E-state index in [1.165, 1.54) is 173 Å². The van der Waals surface area contributed by atoms with Crippen molar-refractivity contribution >= 4 is 11.9 Å². The Morgan fingerprint density at radius 2 is 0.887 bits per heavy atom. The number of aliphatic hydroxyl groups excluding tert-OH is 7. The average Bonchev–Trinajstić information content (AvgIpc) is 3.36. The Morgan fingerprint density at radius 1 is 0.479 bits per heavy atom. The molecule has 11 atom stereocenters. The van der Waals surface area contributed by atoms with Gasteiger partial charge in [-0.2, -0.15) is 0 Å². The van der Waals surface area contributed by atoms with Crippen LogP contribution in [-0.4, -0.2) is 142 Å². The smallest absolute Gasteiger partial charge is 0.330 e. The lowest BCUT2D eigenvalue weighted by atomic mass is 9.98. The number of hydrogen-bond acceptors (Lipinski definition) is 15. The standard InChI is InChI=1S/C56H102O15/c1-3-5-7-9-11-13-15-17-19-20-21-22-23-25-27-29-31-33-35-37-39-48(59)69-44(41-66-47(58)38-36-34-32-30-28-26-24-18-16-14-12-10-8-6-4-2)42-67-55-54(65)52(63)50(61)46(71-55)43-68-56-53(64)51(62)49(60)45(40-57)70-56/h32,34,36,38,44-46,49-57,60-65H,3-31,33,35,37,39-43H2,1-2H3/b34-32+,38-36+/t44-,45+,46+,49-,50-,51?,52?,53?,54?,55+,56+/m1/s1. The molecule has 0 spiro atoms. The number of allylic oxidation sites excluding steroid dienone is 3. The van der Waals surface area contributed by atoms with Gasteiger partial charge in [0.1, 0.15) is 55.4 Å². The minimum atomic E-state index is -1.77. The predicted molar refractivity (Wildman–Crippen MR) is 275 cm³/mol. The number of ether oxygens (including phenoxy) is 6. The van der Waals surface area contributed by atoms with Crippen LogP contribution in [0, 0.1) is 0 Å². The molecule has 0 aromatic heterocycles. The number of unbranched alkanes of at least 4 members (excludes halogenated alkanes) is 30. The summed E-state index contributed by atoms with van der Waals surface area (Å²) in [6.45, 7) is 2.51. The van der Waals surface area contributed by atoms with Crippen molar-refractivity contribution in [2.75, 3.05) is 26.4 Å². The summed E-state index contributed by atoms with van der Waals surface area (Å²) < 4.78 is 33.5. The van der Waals surface area contributed by atoms with E-state index in [0.29, 0.717) is 6.42 Å². The van der Waals surface area contributed by atoms with E-state index in [4.69, 9.17) is 28.4 Å². The van der Waals surface area contributed by atoms with Gasteiger partial charge >= 0.3 is 11.9 Å². The Morgan fingerprint density at radius 3 is 1.35 bits per heavy atom. The first kappa shape index (κ1) is 65.1. The van der Waals surface area contributed by atoms with E-state index in [0.717, 1.165) is 32.1 Å². The first-order valence-electron chi connectivity index (χ1n) is 28.5. The molecular weight excluding hydrogens is 913 g/mol. The van der Waals surface area contributed by atoms with Crippen molar-refractivity contribution in [1.29, 1.82) is 0 Å². The lowest BCUT2D eigenvalue weighted by Gasteiger charge is -2.42. The van der Waals surface area contributed by atoms with Gasteiger partial charge in [-0.05, 0) is 19.3 Å². The van der Waals surface area contributed by atoms with Gasteiger partial charge in [-0.1, -0.05) is 218 Å². The SMILES string of the molecule is CCCCCCCCCCCCC/C=C/C=C/C(=O)OC[C@H](CO[C@H]1O[C@@H](CO[C@H]2O[C@@H](CO)[C@@H](O)C(O)C2O)[C@@H](O)C(O)C1O)OC(=O)CCCCCCCCCCCCCCCCCCCCCC. The van der Waals surface area contributed by atoms with E-state index >= 15 is 0 Å². The van der Waals surface area contributed by atoms with Gasteiger partial charge in [0.15, 0.2) is 18.7 Å². The van der Waals surface area contributed by atoms with Crippen LogP contribution in [0.4, 0.5) is 0 Å². The molecule has 0 aromatic carbocycles. The van der Waals surface area contributed by atoms with Crippen molar-refractivity contribution in [1.82, 2.24) is 0 Å². The maximum atomic E-state index is 13.0. The molecule has 0 saturated carbocycles. The quantitative estimate of drug-likeness (QED) is 0.0131. The second-order valence-corrected chi connectivity index (χ2v) is 20.2. The molecule has 2 fully saturated rings. The molecule has 0 radical (unpaired) electrons. The van der Waals surface area contributed by atoms with E-state index in [-0.39, 0.29) is 13.0 Å². The first-order valence-corrected chi connectivity index (χ1v) is 28.5. The lowest BCUT2D eigenvalue weighted by molar-refractivity contribution is -0.332. The Bertz CT molecular complexity index is 1330. The van der Waals surface area contributed by atoms with Gasteiger partial charge in [-0.25, -0.2) is 4.79 Å². The summed E-state index contributed by atoms with van der Waals surface area (Å²) in [4.78, 5) is 25.7. The first-order chi connectivity index (χ1) is 34.5. The second kappa shape index (κ2) is 43.2. The van der Waals surface area contributed by atoms with Crippen molar-refractivity contribution in [2.24, 2.45) is 0 Å². The van der Waals surface area contributed by atoms with Crippen molar-refractivity contribution < 1.29 is 73.8 Å². The minimum Gasteiger partial charge on any atom is -0.458 e. The number of rotatable bonds is 45. The fourth-order valence-corrected chi connectivity index (χ4v) is 9.13. The van der Waals surface area contributed by atoms with Gasteiger partial charge in [-0.15, -0.1) is 0 Å². The minimum absolute atomic E-state index is 0.151. The fourth-order valence-electron chi connectivity index (χ4n) is 9.13. The van der Waals surface area contributed by atoms with E-state index < -0.39 is 99.3 Å². The zero-order chi connectivity index (χ0) is 51.7.